The van der Waals surface area contributed by atoms with Gasteiger partial charge in [-0.2, -0.15) is 18.3 Å². The number of hydrazone groups is 1. The summed E-state index contributed by atoms with van der Waals surface area (Å²) in [6.07, 6.45) is -2.88. The lowest BCUT2D eigenvalue weighted by molar-refractivity contribution is -0.137. The molecule has 0 atom stereocenters. The first-order valence-corrected chi connectivity index (χ1v) is 12.0. The molecule has 0 fully saturated rings. The molecule has 6 nitrogen and oxygen atoms in total. The van der Waals surface area contributed by atoms with Crippen molar-refractivity contribution in [3.63, 3.8) is 0 Å². The number of carbonyl (C=O) groups is 1. The third-order valence-corrected chi connectivity index (χ3v) is 6.34. The number of thiazole rings is 1. The largest absolute Gasteiger partial charge is 0.416 e. The number of hydrogen-bond acceptors (Lipinski definition) is 5. The van der Waals surface area contributed by atoms with E-state index >= 15 is 0 Å². The van der Waals surface area contributed by atoms with Crippen LogP contribution >= 0.6 is 22.9 Å². The zero-order chi connectivity index (χ0) is 25.9. The highest BCUT2D eigenvalue weighted by Gasteiger charge is 2.30. The second-order valence-corrected chi connectivity index (χ2v) is 9.25. The Morgan fingerprint density at radius 2 is 1.92 bits per heavy atom. The molecule has 2 N–H and O–H groups in total. The number of rotatable bonds is 7. The van der Waals surface area contributed by atoms with Crippen LogP contribution in [-0.2, 0) is 17.4 Å². The molecule has 36 heavy (non-hydrogen) atoms. The second-order valence-electron chi connectivity index (χ2n) is 7.96. The van der Waals surface area contributed by atoms with E-state index < -0.39 is 11.7 Å². The van der Waals surface area contributed by atoms with Crippen LogP contribution in [0.3, 0.4) is 0 Å². The summed E-state index contributed by atoms with van der Waals surface area (Å²) in [6.45, 7) is 3.93. The van der Waals surface area contributed by atoms with Gasteiger partial charge in [0.05, 0.1) is 23.9 Å². The van der Waals surface area contributed by atoms with Gasteiger partial charge in [-0.3, -0.25) is 4.79 Å². The monoisotopic (exact) mass is 531 g/mol. The van der Waals surface area contributed by atoms with Crippen LogP contribution in [0, 0.1) is 13.8 Å². The van der Waals surface area contributed by atoms with E-state index in [4.69, 9.17) is 11.6 Å². The average molecular weight is 532 g/mol. The van der Waals surface area contributed by atoms with E-state index in [0.29, 0.717) is 15.8 Å². The fraction of sp³-hybridized carbons (Fsp3) is 0.160. The number of amides is 1. The molecule has 0 aliphatic rings. The molecule has 0 aliphatic heterocycles. The average Bonchev–Trinajstić information content (AvgIpc) is 3.37. The predicted molar refractivity (Wildman–Crippen MR) is 137 cm³/mol. The first-order valence-electron chi connectivity index (χ1n) is 10.8. The van der Waals surface area contributed by atoms with Crippen LogP contribution in [0.25, 0.3) is 5.69 Å². The number of carbonyl (C=O) groups excluding carboxylic acids is 1. The van der Waals surface area contributed by atoms with Crippen molar-refractivity contribution in [2.45, 2.75) is 26.4 Å². The van der Waals surface area contributed by atoms with Crippen molar-refractivity contribution in [3.05, 3.63) is 93.2 Å². The fourth-order valence-electron chi connectivity index (χ4n) is 3.63. The highest BCUT2D eigenvalue weighted by atomic mass is 35.5. The molecule has 0 aliphatic carbocycles. The standard InChI is InChI=1S/C25H21ClF3N5OS/c1-15-10-17(16(2)34(15)22-8-6-19(26)7-9-22)13-30-33-23(35)12-21-14-36-24(32-21)31-20-5-3-4-18(11-20)25(27,28)29/h3-11,13-14H,12H2,1-2H3,(H,31,32)(H,33,35)/b30-13-. The summed E-state index contributed by atoms with van der Waals surface area (Å²) in [5, 5.41) is 9.61. The van der Waals surface area contributed by atoms with E-state index in [9.17, 15) is 18.0 Å². The molecule has 11 heteroatoms. The Morgan fingerprint density at radius 3 is 2.64 bits per heavy atom. The number of nitrogens with zero attached hydrogens (tertiary/aromatic N) is 3. The van der Waals surface area contributed by atoms with Crippen molar-refractivity contribution in [2.24, 2.45) is 5.10 Å². The van der Waals surface area contributed by atoms with Gasteiger partial charge < -0.3 is 9.88 Å². The number of halogens is 4. The minimum Gasteiger partial charge on any atom is -0.332 e. The maximum Gasteiger partial charge on any atom is 0.416 e. The van der Waals surface area contributed by atoms with Crippen LogP contribution in [0.5, 0.6) is 0 Å². The number of anilines is 2. The first-order chi connectivity index (χ1) is 17.1. The summed E-state index contributed by atoms with van der Waals surface area (Å²) in [7, 11) is 0. The lowest BCUT2D eigenvalue weighted by atomic mass is 10.2. The molecule has 0 radical (unpaired) electrons. The van der Waals surface area contributed by atoms with Gasteiger partial charge in [0.25, 0.3) is 0 Å². The van der Waals surface area contributed by atoms with E-state index in [1.807, 2.05) is 44.2 Å². The lowest BCUT2D eigenvalue weighted by Crippen LogP contribution is -2.20. The topological polar surface area (TPSA) is 71.3 Å². The number of aryl methyl sites for hydroxylation is 1. The van der Waals surface area contributed by atoms with Crippen LogP contribution in [0.4, 0.5) is 24.0 Å². The molecule has 0 saturated heterocycles. The third kappa shape index (κ3) is 6.13. The predicted octanol–water partition coefficient (Wildman–Crippen LogP) is 6.66. The molecule has 0 spiro atoms. The summed E-state index contributed by atoms with van der Waals surface area (Å²) >= 11 is 7.18. The molecule has 1 amide bonds. The Kier molecular flexibility index (Phi) is 7.46. The fourth-order valence-corrected chi connectivity index (χ4v) is 4.48. The van der Waals surface area contributed by atoms with Crippen molar-refractivity contribution in [2.75, 3.05) is 5.32 Å². The van der Waals surface area contributed by atoms with Gasteiger partial charge in [0.15, 0.2) is 5.13 Å². The van der Waals surface area contributed by atoms with Gasteiger partial charge in [0.2, 0.25) is 5.91 Å². The Morgan fingerprint density at radius 1 is 1.17 bits per heavy atom. The van der Waals surface area contributed by atoms with Gasteiger partial charge >= 0.3 is 6.18 Å². The minimum absolute atomic E-state index is 0.0259. The van der Waals surface area contributed by atoms with Gasteiger partial charge in [-0.05, 0) is 62.4 Å². The van der Waals surface area contributed by atoms with Crippen molar-refractivity contribution in [3.8, 4) is 5.69 Å². The third-order valence-electron chi connectivity index (χ3n) is 5.28. The minimum atomic E-state index is -4.43. The Labute approximate surface area is 214 Å². The summed E-state index contributed by atoms with van der Waals surface area (Å²) in [5.41, 5.74) is 6.25. The van der Waals surface area contributed by atoms with Gasteiger partial charge in [-0.15, -0.1) is 11.3 Å². The van der Waals surface area contributed by atoms with E-state index in [-0.39, 0.29) is 18.0 Å². The van der Waals surface area contributed by atoms with E-state index in [1.165, 1.54) is 23.5 Å². The van der Waals surface area contributed by atoms with Crippen LogP contribution in [0.2, 0.25) is 5.02 Å². The van der Waals surface area contributed by atoms with E-state index in [0.717, 1.165) is 34.8 Å². The molecule has 0 bridgehead atoms. The molecule has 0 unspecified atom stereocenters. The number of alkyl halides is 3. The molecule has 0 saturated carbocycles. The van der Waals surface area contributed by atoms with Crippen LogP contribution < -0.4 is 10.7 Å². The molecular weight excluding hydrogens is 511 g/mol. The highest BCUT2D eigenvalue weighted by Crippen LogP contribution is 2.32. The van der Waals surface area contributed by atoms with Crippen molar-refractivity contribution < 1.29 is 18.0 Å². The Bertz CT molecular complexity index is 1410. The number of aromatic nitrogens is 2. The number of benzene rings is 2. The van der Waals surface area contributed by atoms with Gasteiger partial charge in [0, 0.05) is 38.7 Å². The first kappa shape index (κ1) is 25.5. The summed E-state index contributed by atoms with van der Waals surface area (Å²) in [6, 6.07) is 14.3. The van der Waals surface area contributed by atoms with Crippen LogP contribution in [0.15, 0.2) is 65.1 Å². The molecule has 4 aromatic rings. The molecule has 2 aromatic carbocycles. The van der Waals surface area contributed by atoms with Crippen LogP contribution in [-0.4, -0.2) is 21.7 Å². The Balaban J connectivity index is 1.35. The van der Waals surface area contributed by atoms with Gasteiger partial charge in [0.1, 0.15) is 0 Å². The summed E-state index contributed by atoms with van der Waals surface area (Å²) < 4.78 is 40.8. The van der Waals surface area contributed by atoms with E-state index in [1.54, 1.807) is 11.6 Å². The zero-order valence-corrected chi connectivity index (χ0v) is 20.8. The quantitative estimate of drug-likeness (QED) is 0.207. The van der Waals surface area contributed by atoms with Crippen molar-refractivity contribution >= 4 is 45.9 Å². The van der Waals surface area contributed by atoms with Crippen molar-refractivity contribution in [1.82, 2.24) is 15.0 Å². The molecule has 4 rings (SSSR count). The molecule has 2 aromatic heterocycles. The normalized spacial score (nSPS) is 11.7. The van der Waals surface area contributed by atoms with Gasteiger partial charge in [-0.25, -0.2) is 10.4 Å². The van der Waals surface area contributed by atoms with Crippen LogP contribution in [0.1, 0.15) is 28.2 Å². The number of hydrogen-bond donors (Lipinski definition) is 2. The SMILES string of the molecule is Cc1cc(/C=N\NC(=O)Cc2csc(Nc3cccc(C(F)(F)F)c3)n2)c(C)n1-c1ccc(Cl)cc1. The molecule has 2 heterocycles. The maximum absolute atomic E-state index is 12.9. The summed E-state index contributed by atoms with van der Waals surface area (Å²) in [4.78, 5) is 16.6. The second kappa shape index (κ2) is 10.5. The number of nitrogens with one attached hydrogen (secondary N) is 2. The highest BCUT2D eigenvalue weighted by molar-refractivity contribution is 7.13. The van der Waals surface area contributed by atoms with E-state index in [2.05, 4.69) is 25.4 Å². The smallest absolute Gasteiger partial charge is 0.332 e. The summed E-state index contributed by atoms with van der Waals surface area (Å²) in [5.74, 6) is -0.367. The molecular formula is C25H21ClF3N5OS. The van der Waals surface area contributed by atoms with Gasteiger partial charge in [-0.1, -0.05) is 17.7 Å². The lowest BCUT2D eigenvalue weighted by Gasteiger charge is -2.09. The Hall–Kier alpha value is -3.63. The molecule has 186 valence electrons. The maximum atomic E-state index is 12.9. The zero-order valence-electron chi connectivity index (χ0n) is 19.2. The van der Waals surface area contributed by atoms with Crippen molar-refractivity contribution in [1.29, 1.82) is 0 Å².